The van der Waals surface area contributed by atoms with Crippen LogP contribution in [0.3, 0.4) is 0 Å². The molecule has 0 unspecified atom stereocenters. The van der Waals surface area contributed by atoms with E-state index in [1.807, 2.05) is 12.1 Å². The largest absolute Gasteiger partial charge is 0.507 e. The topological polar surface area (TPSA) is 72.0 Å². The number of halogens is 1. The molecule has 2 aromatic heterocycles. The number of nitrogens with zero attached hydrogens (tertiary/aromatic N) is 3. The van der Waals surface area contributed by atoms with Crippen LogP contribution >= 0.6 is 15.9 Å². The minimum atomic E-state index is 0.136. The fraction of sp³-hybridized carbons (Fsp3) is 0.0714. The maximum absolute atomic E-state index is 9.66. The summed E-state index contributed by atoms with van der Waals surface area (Å²) in [5.41, 5.74) is 1.74. The summed E-state index contributed by atoms with van der Waals surface area (Å²) < 4.78 is 5.84. The van der Waals surface area contributed by atoms with Gasteiger partial charge in [-0.15, -0.1) is 0 Å². The molecule has 0 atom stereocenters. The Balaban J connectivity index is 1.84. The van der Waals surface area contributed by atoms with Crippen LogP contribution in [0.25, 0.3) is 11.5 Å². The van der Waals surface area contributed by atoms with Crippen LogP contribution in [0.5, 0.6) is 5.75 Å². The normalized spacial score (nSPS) is 10.7. The quantitative estimate of drug-likeness (QED) is 0.797. The van der Waals surface area contributed by atoms with Gasteiger partial charge in [0.15, 0.2) is 5.82 Å². The first-order valence-electron chi connectivity index (χ1n) is 5.93. The first-order valence-corrected chi connectivity index (χ1v) is 6.72. The van der Waals surface area contributed by atoms with Crippen LogP contribution in [-0.4, -0.2) is 20.2 Å². The molecule has 6 heteroatoms. The van der Waals surface area contributed by atoms with Crippen LogP contribution in [-0.2, 0) is 6.42 Å². The molecule has 0 saturated carbocycles. The van der Waals surface area contributed by atoms with Crippen molar-refractivity contribution in [1.29, 1.82) is 0 Å². The summed E-state index contributed by atoms with van der Waals surface area (Å²) >= 11 is 3.23. The van der Waals surface area contributed by atoms with Crippen LogP contribution in [0.15, 0.2) is 51.7 Å². The van der Waals surface area contributed by atoms with E-state index in [1.165, 1.54) is 0 Å². The van der Waals surface area contributed by atoms with E-state index in [1.54, 1.807) is 30.6 Å². The smallest absolute Gasteiger partial charge is 0.258 e. The van der Waals surface area contributed by atoms with Gasteiger partial charge in [0, 0.05) is 24.4 Å². The molecule has 0 amide bonds. The average Bonchev–Trinajstić information content (AvgIpc) is 2.91. The minimum absolute atomic E-state index is 0.136. The van der Waals surface area contributed by atoms with Crippen LogP contribution < -0.4 is 0 Å². The summed E-state index contributed by atoms with van der Waals surface area (Å²) in [4.78, 5) is 8.28. The van der Waals surface area contributed by atoms with Gasteiger partial charge in [-0.3, -0.25) is 4.98 Å². The summed E-state index contributed by atoms with van der Waals surface area (Å²) in [5, 5.41) is 13.6. The van der Waals surface area contributed by atoms with Crippen LogP contribution in [0.1, 0.15) is 11.4 Å². The van der Waals surface area contributed by atoms with E-state index in [4.69, 9.17) is 4.52 Å². The lowest BCUT2D eigenvalue weighted by molar-refractivity contribution is 0.423. The van der Waals surface area contributed by atoms with Crippen molar-refractivity contribution in [3.8, 4) is 17.2 Å². The zero-order valence-corrected chi connectivity index (χ0v) is 11.9. The zero-order chi connectivity index (χ0) is 13.9. The number of hydrogen-bond donors (Lipinski definition) is 1. The Bertz CT molecular complexity index is 728. The molecule has 5 nitrogen and oxygen atoms in total. The molecular formula is C14H10BrN3O2. The van der Waals surface area contributed by atoms with Gasteiger partial charge in [-0.1, -0.05) is 5.16 Å². The summed E-state index contributed by atoms with van der Waals surface area (Å²) in [7, 11) is 0. The second kappa shape index (κ2) is 5.42. The Morgan fingerprint density at radius 1 is 1.15 bits per heavy atom. The van der Waals surface area contributed by atoms with Crippen LogP contribution in [0.4, 0.5) is 0 Å². The van der Waals surface area contributed by atoms with E-state index in [0.717, 1.165) is 5.56 Å². The van der Waals surface area contributed by atoms with E-state index in [-0.39, 0.29) is 5.75 Å². The molecule has 100 valence electrons. The van der Waals surface area contributed by atoms with Crippen molar-refractivity contribution in [2.24, 2.45) is 0 Å². The van der Waals surface area contributed by atoms with Crippen LogP contribution in [0.2, 0.25) is 0 Å². The third kappa shape index (κ3) is 2.70. The molecule has 0 aliphatic rings. The SMILES string of the molecule is Oc1cc(-c2nc(Cc3ccncc3)no2)ccc1Br. The van der Waals surface area contributed by atoms with Crippen molar-refractivity contribution in [3.63, 3.8) is 0 Å². The van der Waals surface area contributed by atoms with Gasteiger partial charge in [0.1, 0.15) is 5.75 Å². The highest BCUT2D eigenvalue weighted by Crippen LogP contribution is 2.29. The summed E-state index contributed by atoms with van der Waals surface area (Å²) in [6.45, 7) is 0. The van der Waals surface area contributed by atoms with Crippen molar-refractivity contribution >= 4 is 15.9 Å². The number of rotatable bonds is 3. The predicted molar refractivity (Wildman–Crippen MR) is 76.1 cm³/mol. The Hall–Kier alpha value is -2.21. The van der Waals surface area contributed by atoms with Gasteiger partial charge >= 0.3 is 0 Å². The van der Waals surface area contributed by atoms with Crippen molar-refractivity contribution in [2.75, 3.05) is 0 Å². The van der Waals surface area contributed by atoms with Crippen molar-refractivity contribution in [1.82, 2.24) is 15.1 Å². The second-order valence-electron chi connectivity index (χ2n) is 4.21. The predicted octanol–water partition coefficient (Wildman–Crippen LogP) is 3.19. The van der Waals surface area contributed by atoms with Gasteiger partial charge < -0.3 is 9.63 Å². The Morgan fingerprint density at radius 2 is 1.95 bits per heavy atom. The van der Waals surface area contributed by atoms with E-state index < -0.39 is 0 Å². The zero-order valence-electron chi connectivity index (χ0n) is 10.3. The van der Waals surface area contributed by atoms with E-state index in [2.05, 4.69) is 31.1 Å². The molecule has 20 heavy (non-hydrogen) atoms. The molecule has 0 aliphatic carbocycles. The Kier molecular flexibility index (Phi) is 3.47. The first-order chi connectivity index (χ1) is 9.72. The summed E-state index contributed by atoms with van der Waals surface area (Å²) in [6, 6.07) is 8.92. The lowest BCUT2D eigenvalue weighted by Gasteiger charge is -1.98. The molecule has 0 fully saturated rings. The molecule has 3 aromatic rings. The number of hydrogen-bond acceptors (Lipinski definition) is 5. The van der Waals surface area contributed by atoms with Gasteiger partial charge in [0.2, 0.25) is 0 Å². The maximum atomic E-state index is 9.66. The average molecular weight is 332 g/mol. The van der Waals surface area contributed by atoms with E-state index >= 15 is 0 Å². The van der Waals surface area contributed by atoms with Crippen molar-refractivity contribution in [2.45, 2.75) is 6.42 Å². The van der Waals surface area contributed by atoms with E-state index in [0.29, 0.717) is 28.2 Å². The van der Waals surface area contributed by atoms with Gasteiger partial charge in [0.25, 0.3) is 5.89 Å². The standard InChI is InChI=1S/C14H10BrN3O2/c15-11-2-1-10(8-12(11)19)14-17-13(18-20-14)7-9-3-5-16-6-4-9/h1-6,8,19H,7H2. The molecule has 1 N–H and O–H groups in total. The molecule has 1 aromatic carbocycles. The highest BCUT2D eigenvalue weighted by atomic mass is 79.9. The summed E-state index contributed by atoms with van der Waals surface area (Å²) in [6.07, 6.45) is 4.03. The van der Waals surface area contributed by atoms with Gasteiger partial charge in [0.05, 0.1) is 4.47 Å². The first kappa shape index (κ1) is 12.8. The summed E-state index contributed by atoms with van der Waals surface area (Å²) in [5.74, 6) is 1.11. The number of aromatic hydroxyl groups is 1. The van der Waals surface area contributed by atoms with Gasteiger partial charge in [-0.2, -0.15) is 4.98 Å². The maximum Gasteiger partial charge on any atom is 0.258 e. The number of phenols is 1. The van der Waals surface area contributed by atoms with Gasteiger partial charge in [-0.05, 0) is 51.8 Å². The molecule has 0 radical (unpaired) electrons. The highest BCUT2D eigenvalue weighted by molar-refractivity contribution is 9.10. The molecular weight excluding hydrogens is 322 g/mol. The van der Waals surface area contributed by atoms with Crippen LogP contribution in [0, 0.1) is 0 Å². The molecule has 0 bridgehead atoms. The lowest BCUT2D eigenvalue weighted by atomic mass is 10.2. The molecule has 0 saturated heterocycles. The number of aromatic nitrogens is 3. The second-order valence-corrected chi connectivity index (χ2v) is 5.07. The number of benzene rings is 1. The molecule has 2 heterocycles. The number of pyridine rings is 1. The minimum Gasteiger partial charge on any atom is -0.507 e. The monoisotopic (exact) mass is 331 g/mol. The lowest BCUT2D eigenvalue weighted by Crippen LogP contribution is -1.90. The fourth-order valence-corrected chi connectivity index (χ4v) is 2.02. The third-order valence-electron chi connectivity index (χ3n) is 2.77. The Labute approximate surface area is 123 Å². The van der Waals surface area contributed by atoms with Crippen molar-refractivity contribution in [3.05, 3.63) is 58.6 Å². The molecule has 0 spiro atoms. The number of phenolic OH excluding ortho intramolecular Hbond substituents is 1. The van der Waals surface area contributed by atoms with Gasteiger partial charge in [-0.25, -0.2) is 0 Å². The Morgan fingerprint density at radius 3 is 2.70 bits per heavy atom. The molecule has 0 aliphatic heterocycles. The fourth-order valence-electron chi connectivity index (χ4n) is 1.77. The highest BCUT2D eigenvalue weighted by Gasteiger charge is 2.11. The third-order valence-corrected chi connectivity index (χ3v) is 3.44. The van der Waals surface area contributed by atoms with Crippen molar-refractivity contribution < 1.29 is 9.63 Å². The molecule has 3 rings (SSSR count). The van der Waals surface area contributed by atoms with E-state index in [9.17, 15) is 5.11 Å².